The lowest BCUT2D eigenvalue weighted by molar-refractivity contribution is 1.27. The van der Waals surface area contributed by atoms with E-state index >= 15 is 0 Å². The van der Waals surface area contributed by atoms with Crippen LogP contribution in [0.2, 0.25) is 0 Å². The molecule has 0 saturated carbocycles. The first-order valence-electron chi connectivity index (χ1n) is 4.53. The molecule has 1 aliphatic rings. The molecule has 70 valence electrons. The maximum absolute atomic E-state index is 4.33. The molecular weight excluding hydrogens is 180 g/mol. The third-order valence-electron chi connectivity index (χ3n) is 1.47. The molecule has 0 N–H and O–H groups in total. The Balaban J connectivity index is 0.000000396. The van der Waals surface area contributed by atoms with Crippen LogP contribution in [0.25, 0.3) is 6.08 Å². The van der Waals surface area contributed by atoms with E-state index < -0.39 is 0 Å². The summed E-state index contributed by atoms with van der Waals surface area (Å²) in [6.45, 7) is 6.00. The summed E-state index contributed by atoms with van der Waals surface area (Å²) in [7, 11) is 0. The van der Waals surface area contributed by atoms with E-state index in [-0.39, 0.29) is 0 Å². The molecule has 1 aromatic heterocycles. The van der Waals surface area contributed by atoms with Crippen LogP contribution in [0.4, 0.5) is 5.00 Å². The Morgan fingerprint density at radius 1 is 1.38 bits per heavy atom. The fourth-order valence-corrected chi connectivity index (χ4v) is 1.78. The van der Waals surface area contributed by atoms with Gasteiger partial charge in [0.2, 0.25) is 0 Å². The van der Waals surface area contributed by atoms with Crippen molar-refractivity contribution in [2.24, 2.45) is 4.99 Å². The number of hydrogen-bond donors (Lipinski definition) is 0. The Kier molecular flexibility index (Phi) is 3.83. The van der Waals surface area contributed by atoms with E-state index in [0.29, 0.717) is 0 Å². The number of hydrogen-bond acceptors (Lipinski definition) is 3. The van der Waals surface area contributed by atoms with Crippen LogP contribution in [0.3, 0.4) is 0 Å². The number of aryl methyl sites for hydroxylation is 1. The van der Waals surface area contributed by atoms with Gasteiger partial charge in [0, 0.05) is 12.6 Å². The molecule has 0 saturated heterocycles. The minimum Gasteiger partial charge on any atom is -0.248 e. The van der Waals surface area contributed by atoms with Crippen LogP contribution in [0, 0.1) is 6.92 Å². The third kappa shape index (κ3) is 2.49. The smallest absolute Gasteiger partial charge is 0.143 e. The summed E-state index contributed by atoms with van der Waals surface area (Å²) >= 11 is 1.64. The highest BCUT2D eigenvalue weighted by molar-refractivity contribution is 7.15. The number of aromatic nitrogens is 1. The molecule has 3 heteroatoms. The first-order chi connectivity index (χ1) is 6.36. The van der Waals surface area contributed by atoms with Gasteiger partial charge in [0.05, 0.1) is 10.7 Å². The van der Waals surface area contributed by atoms with E-state index in [4.69, 9.17) is 0 Å². The van der Waals surface area contributed by atoms with Gasteiger partial charge in [-0.25, -0.2) is 9.98 Å². The predicted octanol–water partition coefficient (Wildman–Crippen LogP) is 3.60. The lowest BCUT2D eigenvalue weighted by Gasteiger charge is -1.82. The van der Waals surface area contributed by atoms with Crippen molar-refractivity contribution in [2.75, 3.05) is 0 Å². The Labute approximate surface area is 83.1 Å². The highest BCUT2D eigenvalue weighted by Crippen LogP contribution is 2.29. The van der Waals surface area contributed by atoms with Crippen molar-refractivity contribution in [3.05, 3.63) is 16.8 Å². The summed E-state index contributed by atoms with van der Waals surface area (Å²) in [5.41, 5.74) is 1.02. The topological polar surface area (TPSA) is 25.2 Å². The van der Waals surface area contributed by atoms with Gasteiger partial charge in [0.1, 0.15) is 5.00 Å². The number of aliphatic imine (C=N–C) groups is 1. The molecule has 0 unspecified atom stereocenters. The lowest BCUT2D eigenvalue weighted by atomic mass is 10.3. The normalized spacial score (nSPS) is 12.8. The van der Waals surface area contributed by atoms with Crippen molar-refractivity contribution in [2.45, 2.75) is 27.2 Å². The van der Waals surface area contributed by atoms with Crippen LogP contribution in [0.15, 0.2) is 11.1 Å². The van der Waals surface area contributed by atoms with Crippen molar-refractivity contribution in [3.63, 3.8) is 0 Å². The lowest BCUT2D eigenvalue weighted by Crippen LogP contribution is -1.70. The molecule has 0 aliphatic carbocycles. The average molecular weight is 194 g/mol. The monoisotopic (exact) mass is 194 g/mol. The summed E-state index contributed by atoms with van der Waals surface area (Å²) in [5, 5.41) is 2.12. The van der Waals surface area contributed by atoms with Gasteiger partial charge in [-0.05, 0) is 13.0 Å². The van der Waals surface area contributed by atoms with Gasteiger partial charge < -0.3 is 0 Å². The van der Waals surface area contributed by atoms with Gasteiger partial charge in [0.15, 0.2) is 0 Å². The molecule has 0 radical (unpaired) electrons. The van der Waals surface area contributed by atoms with E-state index in [1.54, 1.807) is 11.3 Å². The summed E-state index contributed by atoms with van der Waals surface area (Å²) in [4.78, 5) is 8.61. The van der Waals surface area contributed by atoms with Crippen LogP contribution in [0.5, 0.6) is 0 Å². The van der Waals surface area contributed by atoms with Crippen LogP contribution in [0.1, 0.15) is 31.0 Å². The Bertz CT molecular complexity index is 294. The zero-order chi connectivity index (χ0) is 9.68. The van der Waals surface area contributed by atoms with Gasteiger partial charge in [-0.1, -0.05) is 31.3 Å². The van der Waals surface area contributed by atoms with E-state index in [2.05, 4.69) is 16.1 Å². The van der Waals surface area contributed by atoms with Gasteiger partial charge in [-0.3, -0.25) is 0 Å². The van der Waals surface area contributed by atoms with Crippen LogP contribution < -0.4 is 0 Å². The highest BCUT2D eigenvalue weighted by Gasteiger charge is 2.04. The molecule has 2 nitrogen and oxygen atoms in total. The highest BCUT2D eigenvalue weighted by atomic mass is 32.1. The minimum atomic E-state index is 0.919. The molecule has 0 amide bonds. The summed E-state index contributed by atoms with van der Waals surface area (Å²) in [6.07, 6.45) is 6.95. The van der Waals surface area contributed by atoms with E-state index in [1.165, 1.54) is 0 Å². The van der Waals surface area contributed by atoms with Gasteiger partial charge in [-0.15, -0.1) is 0 Å². The number of rotatable bonds is 0. The fraction of sp³-hybridized carbons (Fsp3) is 0.400. The number of allylic oxidation sites excluding steroid dienone is 1. The number of thiazole rings is 1. The molecule has 0 aromatic carbocycles. The molecule has 2 rings (SSSR count). The summed E-state index contributed by atoms with van der Waals surface area (Å²) < 4.78 is 0. The van der Waals surface area contributed by atoms with Crippen LogP contribution >= 0.6 is 11.3 Å². The minimum absolute atomic E-state index is 0.919. The van der Waals surface area contributed by atoms with E-state index in [0.717, 1.165) is 22.1 Å². The van der Waals surface area contributed by atoms with Crippen molar-refractivity contribution < 1.29 is 0 Å². The predicted molar refractivity (Wildman–Crippen MR) is 60.0 cm³/mol. The first kappa shape index (κ1) is 10.1. The van der Waals surface area contributed by atoms with E-state index in [9.17, 15) is 0 Å². The van der Waals surface area contributed by atoms with Crippen molar-refractivity contribution in [1.82, 2.24) is 4.98 Å². The SMILES string of the molecule is CC.Cc1nc2c(s1)N=CCC=C2. The quantitative estimate of drug-likeness (QED) is 0.619. The maximum Gasteiger partial charge on any atom is 0.143 e. The molecule has 0 bridgehead atoms. The molecule has 13 heavy (non-hydrogen) atoms. The second kappa shape index (κ2) is 4.92. The van der Waals surface area contributed by atoms with Gasteiger partial charge >= 0.3 is 0 Å². The molecule has 0 fully saturated rings. The maximum atomic E-state index is 4.33. The van der Waals surface area contributed by atoms with Crippen LogP contribution in [-0.2, 0) is 0 Å². The molecule has 2 heterocycles. The standard InChI is InChI=1S/C8H8N2S.C2H6/c1-6-10-7-4-2-3-5-9-8(7)11-6;1-2/h2,4-5H,3H2,1H3;1-2H3. The van der Waals surface area contributed by atoms with Crippen molar-refractivity contribution >= 4 is 28.6 Å². The second-order valence-corrected chi connectivity index (χ2v) is 3.55. The Hall–Kier alpha value is -0.960. The molecule has 1 aliphatic heterocycles. The number of fused-ring (bicyclic) bond motifs is 1. The molecule has 1 aromatic rings. The van der Waals surface area contributed by atoms with Gasteiger partial charge in [0.25, 0.3) is 0 Å². The number of nitrogens with zero attached hydrogens (tertiary/aromatic N) is 2. The summed E-state index contributed by atoms with van der Waals surface area (Å²) in [6, 6.07) is 0. The fourth-order valence-electron chi connectivity index (χ4n) is 1.01. The van der Waals surface area contributed by atoms with Crippen LogP contribution in [-0.4, -0.2) is 11.2 Å². The second-order valence-electron chi connectivity index (χ2n) is 2.37. The zero-order valence-corrected chi connectivity index (χ0v) is 9.06. The Morgan fingerprint density at radius 2 is 2.15 bits per heavy atom. The summed E-state index contributed by atoms with van der Waals surface area (Å²) in [5.74, 6) is 0. The Morgan fingerprint density at radius 3 is 2.92 bits per heavy atom. The third-order valence-corrected chi connectivity index (χ3v) is 2.36. The molecule has 0 spiro atoms. The largest absolute Gasteiger partial charge is 0.248 e. The van der Waals surface area contributed by atoms with Crippen molar-refractivity contribution in [3.8, 4) is 0 Å². The molecular formula is C10H14N2S. The van der Waals surface area contributed by atoms with E-state index in [1.807, 2.05) is 33.1 Å². The van der Waals surface area contributed by atoms with Gasteiger partial charge in [-0.2, -0.15) is 0 Å². The first-order valence-corrected chi connectivity index (χ1v) is 5.34. The zero-order valence-electron chi connectivity index (χ0n) is 8.24. The average Bonchev–Trinajstić information content (AvgIpc) is 2.36. The van der Waals surface area contributed by atoms with Crippen molar-refractivity contribution in [1.29, 1.82) is 0 Å². The molecule has 0 atom stereocenters.